The second-order valence-corrected chi connectivity index (χ2v) is 6.61. The molecule has 0 N–H and O–H groups in total. The minimum absolute atomic E-state index is 0.682. The van der Waals surface area contributed by atoms with Gasteiger partial charge in [-0.1, -0.05) is 46.5 Å². The first-order valence-electron chi connectivity index (χ1n) is 7.13. The molecule has 0 radical (unpaired) electrons. The summed E-state index contributed by atoms with van der Waals surface area (Å²) in [4.78, 5) is 0. The molecule has 0 amide bonds. The standard InChI is InChI=1S/C15H28/c1-12-8-9-13(2)15(3,11-10-12)14-6-4-5-7-14/h12-14H,4-11H2,1-3H3. The van der Waals surface area contributed by atoms with E-state index in [1.165, 1.54) is 51.4 Å². The zero-order valence-corrected chi connectivity index (χ0v) is 10.9. The fourth-order valence-electron chi connectivity index (χ4n) is 4.00. The van der Waals surface area contributed by atoms with Crippen LogP contribution >= 0.6 is 0 Å². The van der Waals surface area contributed by atoms with Crippen LogP contribution in [-0.2, 0) is 0 Å². The number of hydrogen-bond donors (Lipinski definition) is 0. The number of hydrogen-bond acceptors (Lipinski definition) is 0. The van der Waals surface area contributed by atoms with E-state index in [2.05, 4.69) is 20.8 Å². The van der Waals surface area contributed by atoms with E-state index in [1.807, 2.05) is 0 Å². The Kier molecular flexibility index (Phi) is 3.42. The van der Waals surface area contributed by atoms with Crippen LogP contribution in [0.25, 0.3) is 0 Å². The van der Waals surface area contributed by atoms with E-state index < -0.39 is 0 Å². The SMILES string of the molecule is CC1CCC(C)C(C)(C2CCCC2)CC1. The zero-order chi connectivity index (χ0) is 10.9. The van der Waals surface area contributed by atoms with Crippen molar-refractivity contribution < 1.29 is 0 Å². The first kappa shape index (κ1) is 11.5. The van der Waals surface area contributed by atoms with Crippen LogP contribution in [0.2, 0.25) is 0 Å². The molecule has 0 spiro atoms. The van der Waals surface area contributed by atoms with Crippen molar-refractivity contribution in [3.05, 3.63) is 0 Å². The topological polar surface area (TPSA) is 0 Å². The van der Waals surface area contributed by atoms with Crippen LogP contribution < -0.4 is 0 Å². The molecule has 2 fully saturated rings. The summed E-state index contributed by atoms with van der Waals surface area (Å²) in [5, 5.41) is 0. The van der Waals surface area contributed by atoms with E-state index in [4.69, 9.17) is 0 Å². The van der Waals surface area contributed by atoms with Crippen LogP contribution in [0.1, 0.15) is 72.1 Å². The third-order valence-electron chi connectivity index (χ3n) is 5.68. The lowest BCUT2D eigenvalue weighted by atomic mass is 9.65. The molecule has 2 rings (SSSR count). The lowest BCUT2D eigenvalue weighted by Crippen LogP contribution is -2.32. The summed E-state index contributed by atoms with van der Waals surface area (Å²) in [7, 11) is 0. The molecule has 88 valence electrons. The normalized spacial score (nSPS) is 44.2. The van der Waals surface area contributed by atoms with Gasteiger partial charge in [-0.3, -0.25) is 0 Å². The Morgan fingerprint density at radius 3 is 2.20 bits per heavy atom. The van der Waals surface area contributed by atoms with Gasteiger partial charge < -0.3 is 0 Å². The van der Waals surface area contributed by atoms with Crippen molar-refractivity contribution in [3.63, 3.8) is 0 Å². The first-order chi connectivity index (χ1) is 7.13. The monoisotopic (exact) mass is 208 g/mol. The summed E-state index contributed by atoms with van der Waals surface area (Å²) in [6.45, 7) is 7.58. The maximum absolute atomic E-state index is 2.60. The highest BCUT2D eigenvalue weighted by atomic mass is 14.5. The van der Waals surface area contributed by atoms with Gasteiger partial charge in [0.2, 0.25) is 0 Å². The van der Waals surface area contributed by atoms with Crippen LogP contribution in [0, 0.1) is 23.2 Å². The minimum atomic E-state index is 0.682. The van der Waals surface area contributed by atoms with E-state index in [0.29, 0.717) is 5.41 Å². The van der Waals surface area contributed by atoms with Gasteiger partial charge in [-0.05, 0) is 48.9 Å². The van der Waals surface area contributed by atoms with Crippen LogP contribution in [0.4, 0.5) is 0 Å². The summed E-state index contributed by atoms with van der Waals surface area (Å²) in [5.41, 5.74) is 0.682. The van der Waals surface area contributed by atoms with Crippen LogP contribution in [0.15, 0.2) is 0 Å². The molecule has 0 heterocycles. The first-order valence-corrected chi connectivity index (χ1v) is 7.13. The van der Waals surface area contributed by atoms with Gasteiger partial charge >= 0.3 is 0 Å². The fraction of sp³-hybridized carbons (Fsp3) is 1.00. The molecular formula is C15H28. The minimum Gasteiger partial charge on any atom is -0.0625 e. The predicted molar refractivity (Wildman–Crippen MR) is 66.9 cm³/mol. The van der Waals surface area contributed by atoms with Crippen molar-refractivity contribution in [2.45, 2.75) is 72.1 Å². The molecule has 0 aliphatic heterocycles. The van der Waals surface area contributed by atoms with E-state index in [1.54, 1.807) is 0 Å². The zero-order valence-electron chi connectivity index (χ0n) is 10.9. The maximum Gasteiger partial charge on any atom is -0.0272 e. The van der Waals surface area contributed by atoms with Gasteiger partial charge in [-0.15, -0.1) is 0 Å². The molecule has 3 atom stereocenters. The number of rotatable bonds is 1. The van der Waals surface area contributed by atoms with Crippen molar-refractivity contribution >= 4 is 0 Å². The summed E-state index contributed by atoms with van der Waals surface area (Å²) in [6.07, 6.45) is 12.0. The average Bonchev–Trinajstić information content (AvgIpc) is 2.72. The molecule has 2 aliphatic carbocycles. The highest BCUT2D eigenvalue weighted by Crippen LogP contribution is 2.51. The smallest absolute Gasteiger partial charge is 0.0272 e. The van der Waals surface area contributed by atoms with E-state index >= 15 is 0 Å². The summed E-state index contributed by atoms with van der Waals surface area (Å²) < 4.78 is 0. The molecule has 0 bridgehead atoms. The highest BCUT2D eigenvalue weighted by Gasteiger charge is 2.41. The summed E-state index contributed by atoms with van der Waals surface area (Å²) in [5.74, 6) is 3.00. The molecular weight excluding hydrogens is 180 g/mol. The Morgan fingerprint density at radius 2 is 1.53 bits per heavy atom. The Hall–Kier alpha value is 0. The second-order valence-electron chi connectivity index (χ2n) is 6.61. The Morgan fingerprint density at radius 1 is 0.867 bits per heavy atom. The van der Waals surface area contributed by atoms with Gasteiger partial charge in [0, 0.05) is 0 Å². The molecule has 0 nitrogen and oxygen atoms in total. The van der Waals surface area contributed by atoms with Gasteiger partial charge in [0.1, 0.15) is 0 Å². The Bertz CT molecular complexity index is 202. The highest BCUT2D eigenvalue weighted by molar-refractivity contribution is 4.91. The molecule has 0 heteroatoms. The summed E-state index contributed by atoms with van der Waals surface area (Å²) in [6, 6.07) is 0. The van der Waals surface area contributed by atoms with Crippen molar-refractivity contribution in [3.8, 4) is 0 Å². The van der Waals surface area contributed by atoms with E-state index in [-0.39, 0.29) is 0 Å². The predicted octanol–water partition coefficient (Wildman–Crippen LogP) is 5.03. The lowest BCUT2D eigenvalue weighted by Gasteiger charge is -2.40. The quantitative estimate of drug-likeness (QED) is 0.530. The fourth-order valence-corrected chi connectivity index (χ4v) is 4.00. The van der Waals surface area contributed by atoms with Crippen molar-refractivity contribution in [2.75, 3.05) is 0 Å². The third kappa shape index (κ3) is 2.24. The largest absolute Gasteiger partial charge is 0.0625 e. The maximum atomic E-state index is 2.60. The van der Waals surface area contributed by atoms with Crippen molar-refractivity contribution in [2.24, 2.45) is 23.2 Å². The average molecular weight is 208 g/mol. The van der Waals surface area contributed by atoms with Crippen molar-refractivity contribution in [1.82, 2.24) is 0 Å². The van der Waals surface area contributed by atoms with E-state index in [9.17, 15) is 0 Å². The van der Waals surface area contributed by atoms with Crippen LogP contribution in [0.5, 0.6) is 0 Å². The molecule has 0 aromatic rings. The summed E-state index contributed by atoms with van der Waals surface area (Å²) >= 11 is 0. The van der Waals surface area contributed by atoms with Crippen LogP contribution in [-0.4, -0.2) is 0 Å². The van der Waals surface area contributed by atoms with Crippen LogP contribution in [0.3, 0.4) is 0 Å². The van der Waals surface area contributed by atoms with Gasteiger partial charge in [0.25, 0.3) is 0 Å². The van der Waals surface area contributed by atoms with E-state index in [0.717, 1.165) is 17.8 Å². The van der Waals surface area contributed by atoms with Gasteiger partial charge in [-0.2, -0.15) is 0 Å². The molecule has 2 aliphatic rings. The molecule has 0 saturated heterocycles. The molecule has 15 heavy (non-hydrogen) atoms. The van der Waals surface area contributed by atoms with Crippen molar-refractivity contribution in [1.29, 1.82) is 0 Å². The third-order valence-corrected chi connectivity index (χ3v) is 5.68. The van der Waals surface area contributed by atoms with Gasteiger partial charge in [0.15, 0.2) is 0 Å². The lowest BCUT2D eigenvalue weighted by molar-refractivity contribution is 0.0945. The second kappa shape index (κ2) is 4.47. The molecule has 2 saturated carbocycles. The van der Waals surface area contributed by atoms with Gasteiger partial charge in [-0.25, -0.2) is 0 Å². The Balaban J connectivity index is 2.08. The molecule has 3 unspecified atom stereocenters. The Labute approximate surface area is 95.8 Å². The van der Waals surface area contributed by atoms with Gasteiger partial charge in [0.05, 0.1) is 0 Å². The molecule has 0 aromatic carbocycles. The molecule has 0 aromatic heterocycles.